The van der Waals surface area contributed by atoms with Crippen molar-refractivity contribution < 1.29 is 14.3 Å². The van der Waals surface area contributed by atoms with Crippen LogP contribution in [0.3, 0.4) is 0 Å². The second kappa shape index (κ2) is 6.42. The van der Waals surface area contributed by atoms with Crippen LogP contribution in [-0.2, 0) is 4.74 Å². The molecule has 2 amide bonds. The summed E-state index contributed by atoms with van der Waals surface area (Å²) in [6.07, 6.45) is 3.30. The van der Waals surface area contributed by atoms with E-state index >= 15 is 0 Å². The summed E-state index contributed by atoms with van der Waals surface area (Å²) in [6, 6.07) is 3.94. The van der Waals surface area contributed by atoms with Gasteiger partial charge in [0.1, 0.15) is 11.3 Å². The first-order valence-corrected chi connectivity index (χ1v) is 7.68. The second-order valence-corrected chi connectivity index (χ2v) is 6.58. The Morgan fingerprint density at radius 3 is 2.45 bits per heavy atom. The third-order valence-corrected chi connectivity index (χ3v) is 3.75. The highest BCUT2D eigenvalue weighted by atomic mass is 16.6. The molecule has 6 nitrogen and oxygen atoms in total. The molecule has 0 saturated carbocycles. The van der Waals surface area contributed by atoms with Gasteiger partial charge in [-0.2, -0.15) is 0 Å². The van der Waals surface area contributed by atoms with E-state index in [0.717, 1.165) is 12.8 Å². The average molecular weight is 307 g/mol. The lowest BCUT2D eigenvalue weighted by Crippen LogP contribution is -2.42. The number of ether oxygens (including phenoxy) is 1. The molecule has 1 aromatic rings. The zero-order chi connectivity index (χ0) is 16.3. The van der Waals surface area contributed by atoms with Gasteiger partial charge in [-0.3, -0.25) is 4.79 Å². The Hall–Kier alpha value is -1.98. The van der Waals surface area contributed by atoms with Crippen molar-refractivity contribution >= 4 is 12.0 Å². The number of aromatic nitrogens is 1. The summed E-state index contributed by atoms with van der Waals surface area (Å²) in [5, 5.41) is 2.66. The summed E-state index contributed by atoms with van der Waals surface area (Å²) >= 11 is 0. The Balaban J connectivity index is 1.97. The van der Waals surface area contributed by atoms with E-state index in [1.54, 1.807) is 11.9 Å². The van der Waals surface area contributed by atoms with E-state index in [1.165, 1.54) is 0 Å². The first-order chi connectivity index (χ1) is 10.3. The maximum atomic E-state index is 12.1. The van der Waals surface area contributed by atoms with Gasteiger partial charge in [-0.25, -0.2) is 4.79 Å². The largest absolute Gasteiger partial charge is 0.444 e. The number of carbonyl (C=O) groups excluding carboxylic acids is 2. The molecule has 1 aliphatic rings. The molecule has 0 radical (unpaired) electrons. The maximum absolute atomic E-state index is 12.1. The van der Waals surface area contributed by atoms with Crippen molar-refractivity contribution in [2.24, 2.45) is 0 Å². The molecule has 2 rings (SSSR count). The number of rotatable bonds is 2. The highest BCUT2D eigenvalue weighted by Crippen LogP contribution is 2.25. The monoisotopic (exact) mass is 307 g/mol. The van der Waals surface area contributed by atoms with Gasteiger partial charge in [0.2, 0.25) is 0 Å². The predicted molar refractivity (Wildman–Crippen MR) is 83.9 cm³/mol. The number of hydrogen-bond acceptors (Lipinski definition) is 3. The van der Waals surface area contributed by atoms with Crippen LogP contribution < -0.4 is 5.32 Å². The molecule has 1 fully saturated rings. The lowest BCUT2D eigenvalue weighted by Gasteiger charge is -2.34. The van der Waals surface area contributed by atoms with Crippen LogP contribution in [0, 0.1) is 0 Å². The van der Waals surface area contributed by atoms with E-state index < -0.39 is 5.60 Å². The van der Waals surface area contributed by atoms with Crippen molar-refractivity contribution in [3.8, 4) is 0 Å². The zero-order valence-electron chi connectivity index (χ0n) is 13.8. The van der Waals surface area contributed by atoms with Gasteiger partial charge in [0.25, 0.3) is 5.91 Å². The van der Waals surface area contributed by atoms with Crippen LogP contribution in [-0.4, -0.2) is 47.2 Å². The van der Waals surface area contributed by atoms with Crippen LogP contribution in [0.15, 0.2) is 18.3 Å². The molecular weight excluding hydrogens is 282 g/mol. The van der Waals surface area contributed by atoms with Crippen LogP contribution in [0.1, 0.15) is 50.1 Å². The highest BCUT2D eigenvalue weighted by molar-refractivity contribution is 5.92. The zero-order valence-corrected chi connectivity index (χ0v) is 13.8. The van der Waals surface area contributed by atoms with Crippen molar-refractivity contribution in [1.82, 2.24) is 14.8 Å². The van der Waals surface area contributed by atoms with E-state index in [0.29, 0.717) is 18.8 Å². The first kappa shape index (κ1) is 16.4. The molecule has 2 heterocycles. The molecule has 22 heavy (non-hydrogen) atoms. The molecule has 0 bridgehead atoms. The van der Waals surface area contributed by atoms with Crippen LogP contribution in [0.5, 0.6) is 0 Å². The van der Waals surface area contributed by atoms with Crippen molar-refractivity contribution in [3.05, 3.63) is 24.0 Å². The summed E-state index contributed by atoms with van der Waals surface area (Å²) in [7, 11) is 1.63. The third kappa shape index (κ3) is 3.81. The molecule has 1 saturated heterocycles. The van der Waals surface area contributed by atoms with Crippen molar-refractivity contribution in [3.63, 3.8) is 0 Å². The van der Waals surface area contributed by atoms with E-state index in [4.69, 9.17) is 4.74 Å². The maximum Gasteiger partial charge on any atom is 0.410 e. The number of nitrogens with one attached hydrogen (secondary N) is 1. The molecule has 1 aliphatic heterocycles. The number of likely N-dealkylation sites (tertiary alicyclic amines) is 1. The number of amides is 2. The van der Waals surface area contributed by atoms with E-state index in [9.17, 15) is 9.59 Å². The fourth-order valence-electron chi connectivity index (χ4n) is 2.69. The van der Waals surface area contributed by atoms with Gasteiger partial charge >= 0.3 is 6.09 Å². The third-order valence-electron chi connectivity index (χ3n) is 3.75. The summed E-state index contributed by atoms with van der Waals surface area (Å²) in [4.78, 5) is 25.7. The Bertz CT molecular complexity index is 537. The highest BCUT2D eigenvalue weighted by Gasteiger charge is 2.28. The molecule has 6 heteroatoms. The minimum atomic E-state index is -0.471. The molecule has 1 N–H and O–H groups in total. The van der Waals surface area contributed by atoms with Gasteiger partial charge < -0.3 is 19.5 Å². The number of piperidine rings is 1. The summed E-state index contributed by atoms with van der Waals surface area (Å²) in [5.74, 6) is -0.0837. The Kier molecular flexibility index (Phi) is 4.78. The van der Waals surface area contributed by atoms with Gasteiger partial charge in [0.15, 0.2) is 0 Å². The molecular formula is C16H25N3O3. The number of carbonyl (C=O) groups is 2. The topological polar surface area (TPSA) is 63.6 Å². The normalized spacial score (nSPS) is 16.5. The van der Waals surface area contributed by atoms with Gasteiger partial charge in [-0.05, 0) is 45.7 Å². The van der Waals surface area contributed by atoms with Gasteiger partial charge in [-0.1, -0.05) is 0 Å². The van der Waals surface area contributed by atoms with E-state index in [1.807, 2.05) is 43.7 Å². The van der Waals surface area contributed by atoms with Crippen molar-refractivity contribution in [2.45, 2.75) is 45.3 Å². The summed E-state index contributed by atoms with van der Waals surface area (Å²) in [6.45, 7) is 6.89. The molecule has 0 atom stereocenters. The van der Waals surface area contributed by atoms with Crippen molar-refractivity contribution in [1.29, 1.82) is 0 Å². The van der Waals surface area contributed by atoms with Crippen LogP contribution in [0.2, 0.25) is 0 Å². The second-order valence-electron chi connectivity index (χ2n) is 6.58. The van der Waals surface area contributed by atoms with Crippen molar-refractivity contribution in [2.75, 3.05) is 20.1 Å². The molecule has 0 unspecified atom stereocenters. The molecule has 0 aromatic carbocycles. The quantitative estimate of drug-likeness (QED) is 0.912. The van der Waals surface area contributed by atoms with Crippen LogP contribution in [0.4, 0.5) is 4.79 Å². The lowest BCUT2D eigenvalue weighted by molar-refractivity contribution is 0.0187. The minimum absolute atomic E-state index is 0.0837. The predicted octanol–water partition coefficient (Wildman–Crippen LogP) is 2.42. The average Bonchev–Trinajstić information content (AvgIpc) is 2.94. The van der Waals surface area contributed by atoms with E-state index in [-0.39, 0.29) is 18.0 Å². The fourth-order valence-corrected chi connectivity index (χ4v) is 2.69. The van der Waals surface area contributed by atoms with E-state index in [2.05, 4.69) is 5.32 Å². The Morgan fingerprint density at radius 2 is 1.91 bits per heavy atom. The Labute approximate surface area is 131 Å². The lowest BCUT2D eigenvalue weighted by atomic mass is 10.0. The standard InChI is InChI=1S/C16H25N3O3/c1-16(2,3)22-15(21)18-10-7-12(8-11-18)19-9-5-6-13(19)14(20)17-4/h5-6,9,12H,7-8,10-11H2,1-4H3,(H,17,20). The SMILES string of the molecule is CNC(=O)c1cccn1C1CCN(C(=O)OC(C)(C)C)CC1. The molecule has 0 spiro atoms. The minimum Gasteiger partial charge on any atom is -0.444 e. The fraction of sp³-hybridized carbons (Fsp3) is 0.625. The van der Waals surface area contributed by atoms with Crippen LogP contribution in [0.25, 0.3) is 0 Å². The number of nitrogens with zero attached hydrogens (tertiary/aromatic N) is 2. The first-order valence-electron chi connectivity index (χ1n) is 7.68. The van der Waals surface area contributed by atoms with Crippen LogP contribution >= 0.6 is 0 Å². The molecule has 122 valence electrons. The Morgan fingerprint density at radius 1 is 1.27 bits per heavy atom. The van der Waals surface area contributed by atoms with Gasteiger partial charge in [0.05, 0.1) is 0 Å². The molecule has 1 aromatic heterocycles. The van der Waals surface area contributed by atoms with Gasteiger partial charge in [-0.15, -0.1) is 0 Å². The number of hydrogen-bond donors (Lipinski definition) is 1. The summed E-state index contributed by atoms with van der Waals surface area (Å²) in [5.41, 5.74) is 0.194. The summed E-state index contributed by atoms with van der Waals surface area (Å²) < 4.78 is 7.40. The molecule has 0 aliphatic carbocycles. The smallest absolute Gasteiger partial charge is 0.410 e. The van der Waals surface area contributed by atoms with Gasteiger partial charge in [0, 0.05) is 32.4 Å².